The minimum Gasteiger partial charge on any atom is -0.481 e. The van der Waals surface area contributed by atoms with Crippen LogP contribution in [0.1, 0.15) is 104 Å². The van der Waals surface area contributed by atoms with Crippen LogP contribution in [0.4, 0.5) is 0 Å². The Balaban J connectivity index is 4.36. The number of carbonyl (C=O) groups excluding carboxylic acids is 1. The zero-order chi connectivity index (χ0) is 22.0. The summed E-state index contributed by atoms with van der Waals surface area (Å²) in [5.74, 6) is -0.891. The van der Waals surface area contributed by atoms with Gasteiger partial charge in [0, 0.05) is 13.0 Å². The van der Waals surface area contributed by atoms with Crippen LogP contribution >= 0.6 is 0 Å². The molecule has 0 aromatic carbocycles. The molecule has 1 N–H and O–H groups in total. The van der Waals surface area contributed by atoms with Gasteiger partial charge in [-0.15, -0.1) is 0 Å². The fourth-order valence-corrected chi connectivity index (χ4v) is 3.64. The van der Waals surface area contributed by atoms with Gasteiger partial charge in [-0.05, 0) is 19.3 Å². The van der Waals surface area contributed by atoms with Gasteiger partial charge in [0.15, 0.2) is 0 Å². The molecule has 1 amide bonds. The van der Waals surface area contributed by atoms with Crippen molar-refractivity contribution in [2.45, 2.75) is 104 Å². The molecule has 0 atom stereocenters. The molecule has 0 saturated heterocycles. The van der Waals surface area contributed by atoms with Crippen LogP contribution in [-0.2, 0) is 9.59 Å². The Kier molecular flexibility index (Phi) is 17.1. The molecule has 0 fully saturated rings. The van der Waals surface area contributed by atoms with E-state index in [0.29, 0.717) is 0 Å². The minimum absolute atomic E-state index is 0.000485. The zero-order valence-electron chi connectivity index (χ0n) is 19.9. The Labute approximate surface area is 180 Å². The van der Waals surface area contributed by atoms with Crippen molar-refractivity contribution in [1.82, 2.24) is 4.90 Å². The van der Waals surface area contributed by atoms with E-state index < -0.39 is 5.97 Å². The Morgan fingerprint density at radius 3 is 1.76 bits per heavy atom. The average molecular weight is 414 g/mol. The molecular formula is C24H49N2O3+. The fourth-order valence-electron chi connectivity index (χ4n) is 3.64. The van der Waals surface area contributed by atoms with Crippen LogP contribution in [0, 0.1) is 0 Å². The van der Waals surface area contributed by atoms with Gasteiger partial charge in [0.2, 0.25) is 5.91 Å². The number of carboxylic acids is 1. The molecule has 0 unspecified atom stereocenters. The number of rotatable bonds is 20. The van der Waals surface area contributed by atoms with Crippen LogP contribution < -0.4 is 0 Å². The van der Waals surface area contributed by atoms with E-state index in [2.05, 4.69) is 27.9 Å². The van der Waals surface area contributed by atoms with Gasteiger partial charge in [-0.1, -0.05) is 71.6 Å². The van der Waals surface area contributed by atoms with E-state index >= 15 is 0 Å². The first-order valence-electron chi connectivity index (χ1n) is 12.1. The third kappa shape index (κ3) is 17.5. The second-order valence-electron chi connectivity index (χ2n) is 9.19. The summed E-state index contributed by atoms with van der Waals surface area (Å²) in [5.41, 5.74) is 0. The van der Waals surface area contributed by atoms with Crippen LogP contribution in [-0.4, -0.2) is 66.6 Å². The molecule has 172 valence electrons. The molecule has 0 aromatic rings. The lowest BCUT2D eigenvalue weighted by Gasteiger charge is -2.33. The first-order chi connectivity index (χ1) is 13.8. The number of hydrogen-bond donors (Lipinski definition) is 1. The normalized spacial score (nSPS) is 11.6. The molecule has 0 aliphatic carbocycles. The van der Waals surface area contributed by atoms with E-state index in [1.54, 1.807) is 0 Å². The van der Waals surface area contributed by atoms with E-state index in [9.17, 15) is 9.59 Å². The standard InChI is InChI=1S/C24H48N2O3/c1-5-7-9-11-13-15-19-25(23(27)17-18-24(28)29)20-22-26(3,4)21-16-14-12-10-8-6-2/h5-22H2,1-4H3/p+1. The van der Waals surface area contributed by atoms with Crippen molar-refractivity contribution in [2.75, 3.05) is 40.3 Å². The second kappa shape index (κ2) is 17.7. The van der Waals surface area contributed by atoms with E-state index in [1.807, 2.05) is 4.90 Å². The Bertz CT molecular complexity index is 424. The maximum absolute atomic E-state index is 12.5. The summed E-state index contributed by atoms with van der Waals surface area (Å²) in [4.78, 5) is 25.3. The molecule has 0 heterocycles. The Morgan fingerprint density at radius 2 is 1.21 bits per heavy atom. The van der Waals surface area contributed by atoms with E-state index in [0.717, 1.165) is 43.5 Å². The number of amides is 1. The summed E-state index contributed by atoms with van der Waals surface area (Å²) in [7, 11) is 4.49. The lowest BCUT2D eigenvalue weighted by Crippen LogP contribution is -2.47. The molecule has 0 radical (unpaired) electrons. The van der Waals surface area contributed by atoms with Crippen LogP contribution in [0.2, 0.25) is 0 Å². The molecule has 0 bridgehead atoms. The van der Waals surface area contributed by atoms with E-state index in [4.69, 9.17) is 5.11 Å². The van der Waals surface area contributed by atoms with Crippen molar-refractivity contribution < 1.29 is 19.2 Å². The lowest BCUT2D eigenvalue weighted by atomic mass is 10.1. The van der Waals surface area contributed by atoms with Crippen molar-refractivity contribution in [3.05, 3.63) is 0 Å². The maximum atomic E-state index is 12.5. The average Bonchev–Trinajstić information content (AvgIpc) is 2.67. The second-order valence-corrected chi connectivity index (χ2v) is 9.19. The SMILES string of the molecule is CCCCCCCCN(CC[N+](C)(C)CCCCCCCC)C(=O)CCC(=O)O. The molecule has 5 heteroatoms. The molecule has 5 nitrogen and oxygen atoms in total. The van der Waals surface area contributed by atoms with Crippen molar-refractivity contribution in [2.24, 2.45) is 0 Å². The molecule has 0 aliphatic rings. The van der Waals surface area contributed by atoms with Crippen LogP contribution in [0.15, 0.2) is 0 Å². The highest BCUT2D eigenvalue weighted by atomic mass is 16.4. The summed E-state index contributed by atoms with van der Waals surface area (Å²) >= 11 is 0. The van der Waals surface area contributed by atoms with Gasteiger partial charge < -0.3 is 14.5 Å². The van der Waals surface area contributed by atoms with Gasteiger partial charge >= 0.3 is 5.97 Å². The largest absolute Gasteiger partial charge is 0.481 e. The van der Waals surface area contributed by atoms with Gasteiger partial charge in [-0.2, -0.15) is 0 Å². The summed E-state index contributed by atoms with van der Waals surface area (Å²) < 4.78 is 0.924. The van der Waals surface area contributed by atoms with Crippen molar-refractivity contribution in [3.8, 4) is 0 Å². The van der Waals surface area contributed by atoms with Crippen molar-refractivity contribution >= 4 is 11.9 Å². The predicted octanol–water partition coefficient (Wildman–Crippen LogP) is 5.48. The topological polar surface area (TPSA) is 57.6 Å². The van der Waals surface area contributed by atoms with Gasteiger partial charge in [-0.25, -0.2) is 0 Å². The molecule has 0 spiro atoms. The van der Waals surface area contributed by atoms with Gasteiger partial charge in [0.25, 0.3) is 0 Å². The first kappa shape index (κ1) is 27.9. The quantitative estimate of drug-likeness (QED) is 0.212. The molecule has 0 aromatic heterocycles. The summed E-state index contributed by atoms with van der Waals surface area (Å²) in [5, 5.41) is 8.90. The lowest BCUT2D eigenvalue weighted by molar-refractivity contribution is -0.889. The fraction of sp³-hybridized carbons (Fsp3) is 0.917. The first-order valence-corrected chi connectivity index (χ1v) is 12.1. The van der Waals surface area contributed by atoms with E-state index in [-0.39, 0.29) is 18.7 Å². The number of unbranched alkanes of at least 4 members (excludes halogenated alkanes) is 10. The smallest absolute Gasteiger partial charge is 0.303 e. The number of quaternary nitrogens is 1. The number of carbonyl (C=O) groups is 2. The predicted molar refractivity (Wildman–Crippen MR) is 122 cm³/mol. The van der Waals surface area contributed by atoms with Crippen LogP contribution in [0.25, 0.3) is 0 Å². The summed E-state index contributed by atoms with van der Waals surface area (Å²) in [6, 6.07) is 0. The third-order valence-corrected chi connectivity index (χ3v) is 5.78. The number of aliphatic carboxylic acids is 1. The Morgan fingerprint density at radius 1 is 0.690 bits per heavy atom. The number of hydrogen-bond acceptors (Lipinski definition) is 2. The molecule has 0 rings (SSSR count). The highest BCUT2D eigenvalue weighted by Crippen LogP contribution is 2.11. The molecule has 0 saturated carbocycles. The zero-order valence-corrected chi connectivity index (χ0v) is 19.9. The monoisotopic (exact) mass is 413 g/mol. The number of carboxylic acid groups (broad SMARTS) is 1. The highest BCUT2D eigenvalue weighted by molar-refractivity contribution is 5.80. The maximum Gasteiger partial charge on any atom is 0.303 e. The minimum atomic E-state index is -0.892. The van der Waals surface area contributed by atoms with Gasteiger partial charge in [-0.3, -0.25) is 9.59 Å². The Hall–Kier alpha value is -1.10. The van der Waals surface area contributed by atoms with Crippen LogP contribution in [0.3, 0.4) is 0 Å². The van der Waals surface area contributed by atoms with Gasteiger partial charge in [0.05, 0.1) is 40.2 Å². The summed E-state index contributed by atoms with van der Waals surface area (Å²) in [6.07, 6.45) is 15.1. The summed E-state index contributed by atoms with van der Waals surface area (Å²) in [6.45, 7) is 8.03. The number of nitrogens with zero attached hydrogens (tertiary/aromatic N) is 2. The highest BCUT2D eigenvalue weighted by Gasteiger charge is 2.20. The van der Waals surface area contributed by atoms with E-state index in [1.165, 1.54) is 64.2 Å². The van der Waals surface area contributed by atoms with Crippen molar-refractivity contribution in [3.63, 3.8) is 0 Å². The van der Waals surface area contributed by atoms with Crippen LogP contribution in [0.5, 0.6) is 0 Å². The van der Waals surface area contributed by atoms with Crippen molar-refractivity contribution in [1.29, 1.82) is 0 Å². The third-order valence-electron chi connectivity index (χ3n) is 5.78. The molecule has 0 aliphatic heterocycles. The number of likely N-dealkylation sites (N-methyl/N-ethyl adjacent to an activating group) is 1. The molecular weight excluding hydrogens is 364 g/mol. The van der Waals surface area contributed by atoms with Gasteiger partial charge in [0.1, 0.15) is 0 Å². The molecule has 29 heavy (non-hydrogen) atoms.